The van der Waals surface area contributed by atoms with Crippen molar-refractivity contribution in [3.05, 3.63) is 0 Å². The molecule has 0 aromatic carbocycles. The fourth-order valence-corrected chi connectivity index (χ4v) is 0.873. The van der Waals surface area contributed by atoms with Crippen molar-refractivity contribution in [1.29, 1.82) is 0 Å². The summed E-state index contributed by atoms with van der Waals surface area (Å²) in [4.78, 5) is 22.8. The molecular weight excluding hydrogens is 223 g/mol. The minimum absolute atomic E-state index is 0. The molecule has 7 heteroatoms. The number of hydrogen-bond donors (Lipinski definition) is 1. The summed E-state index contributed by atoms with van der Waals surface area (Å²) in [5.74, 6) is -1.34. The number of carboxylic acids is 1. The Morgan fingerprint density at radius 2 is 1.88 bits per heavy atom. The van der Waals surface area contributed by atoms with E-state index < -0.39 is 24.2 Å². The van der Waals surface area contributed by atoms with Gasteiger partial charge in [-0.25, -0.2) is 4.79 Å². The molecule has 88 valence electrons. The first kappa shape index (κ1) is 18.1. The maximum absolute atomic E-state index is 11.4. The fourth-order valence-electron chi connectivity index (χ4n) is 0.873. The summed E-state index contributed by atoms with van der Waals surface area (Å²) in [7, 11) is 0. The molecule has 0 aliphatic rings. The van der Waals surface area contributed by atoms with Crippen molar-refractivity contribution in [2.45, 2.75) is 26.4 Å². The van der Waals surface area contributed by atoms with Crippen LogP contribution in [0, 0.1) is 0 Å². The van der Waals surface area contributed by atoms with Crippen LogP contribution in [0.2, 0.25) is 0 Å². The molecule has 0 aliphatic carbocycles. The predicted octanol–water partition coefficient (Wildman–Crippen LogP) is -4.06. The van der Waals surface area contributed by atoms with Crippen molar-refractivity contribution in [2.24, 2.45) is 5.73 Å². The number of nitrogens with zero attached hydrogens (tertiary/aromatic N) is 1. The first-order chi connectivity index (χ1) is 6.76. The van der Waals surface area contributed by atoms with Crippen LogP contribution in [0.3, 0.4) is 0 Å². The van der Waals surface area contributed by atoms with E-state index in [9.17, 15) is 14.7 Å². The summed E-state index contributed by atoms with van der Waals surface area (Å²) in [6.45, 7) is 4.89. The summed E-state index contributed by atoms with van der Waals surface area (Å²) >= 11 is 0. The van der Waals surface area contributed by atoms with Crippen LogP contribution in [0.25, 0.3) is 0 Å². The number of carbonyl (C=O) groups excluding carboxylic acids is 2. The third-order valence-corrected chi connectivity index (χ3v) is 1.37. The summed E-state index contributed by atoms with van der Waals surface area (Å²) in [5, 5.41) is 10.4. The van der Waals surface area contributed by atoms with Gasteiger partial charge in [0.1, 0.15) is 5.60 Å². The van der Waals surface area contributed by atoms with Gasteiger partial charge < -0.3 is 25.3 Å². The molecule has 6 nitrogen and oxygen atoms in total. The van der Waals surface area contributed by atoms with Gasteiger partial charge in [-0.2, -0.15) is 0 Å². The van der Waals surface area contributed by atoms with Crippen molar-refractivity contribution >= 4 is 12.1 Å². The van der Waals surface area contributed by atoms with E-state index >= 15 is 0 Å². The number of hydrogen-bond acceptors (Lipinski definition) is 5. The molecule has 0 spiro atoms. The normalized spacial score (nSPS) is 10.2. The van der Waals surface area contributed by atoms with E-state index in [0.717, 1.165) is 4.90 Å². The molecule has 0 fully saturated rings. The van der Waals surface area contributed by atoms with Crippen molar-refractivity contribution < 1.29 is 49.0 Å². The second kappa shape index (κ2) is 7.89. The van der Waals surface area contributed by atoms with Crippen molar-refractivity contribution in [2.75, 3.05) is 19.6 Å². The topological polar surface area (TPSA) is 95.7 Å². The Kier molecular flexibility index (Phi) is 8.91. The van der Waals surface area contributed by atoms with Gasteiger partial charge in [0.05, 0.1) is 12.5 Å². The van der Waals surface area contributed by atoms with Crippen molar-refractivity contribution in [3.63, 3.8) is 0 Å². The smallest absolute Gasteiger partial charge is 0.548 e. The van der Waals surface area contributed by atoms with Crippen LogP contribution < -0.4 is 40.4 Å². The van der Waals surface area contributed by atoms with Crippen LogP contribution in [0.4, 0.5) is 4.79 Å². The zero-order chi connectivity index (χ0) is 12.1. The Morgan fingerprint density at radius 3 is 2.19 bits per heavy atom. The predicted molar refractivity (Wildman–Crippen MR) is 51.9 cm³/mol. The van der Waals surface area contributed by atoms with Gasteiger partial charge in [-0.3, -0.25) is 0 Å². The molecule has 0 bridgehead atoms. The van der Waals surface area contributed by atoms with Gasteiger partial charge in [0, 0.05) is 13.1 Å². The minimum Gasteiger partial charge on any atom is -0.548 e. The molecule has 0 saturated carbocycles. The summed E-state index contributed by atoms with van der Waals surface area (Å²) < 4.78 is 4.99. The molecule has 0 aliphatic heterocycles. The van der Waals surface area contributed by atoms with Crippen LogP contribution >= 0.6 is 0 Å². The van der Waals surface area contributed by atoms with Gasteiger partial charge in [0.2, 0.25) is 0 Å². The molecule has 0 rings (SSSR count). The molecule has 2 N–H and O–H groups in total. The molecule has 0 atom stereocenters. The van der Waals surface area contributed by atoms with Gasteiger partial charge in [-0.1, -0.05) is 0 Å². The van der Waals surface area contributed by atoms with E-state index in [4.69, 9.17) is 10.5 Å². The van der Waals surface area contributed by atoms with Gasteiger partial charge >= 0.3 is 35.7 Å². The number of amides is 1. The molecule has 1 amide bonds. The maximum Gasteiger partial charge on any atom is 1.00 e. The van der Waals surface area contributed by atoms with Crippen LogP contribution in [0.1, 0.15) is 20.8 Å². The van der Waals surface area contributed by atoms with E-state index in [1.807, 2.05) is 0 Å². The second-order valence-electron chi connectivity index (χ2n) is 4.06. The van der Waals surface area contributed by atoms with E-state index in [0.29, 0.717) is 0 Å². The summed E-state index contributed by atoms with van der Waals surface area (Å²) in [6, 6.07) is 0. The summed E-state index contributed by atoms with van der Waals surface area (Å²) in [5.41, 5.74) is 4.59. The first-order valence-corrected chi connectivity index (χ1v) is 4.64. The fraction of sp³-hybridized carbons (Fsp3) is 0.778. The molecule has 0 aromatic heterocycles. The van der Waals surface area contributed by atoms with E-state index in [1.165, 1.54) is 0 Å². The third kappa shape index (κ3) is 8.96. The molecule has 16 heavy (non-hydrogen) atoms. The van der Waals surface area contributed by atoms with E-state index in [1.54, 1.807) is 20.8 Å². The Labute approximate surface area is 117 Å². The number of ether oxygens (including phenoxy) is 1. The number of carboxylic acid groups (broad SMARTS) is 1. The Hall–Kier alpha value is -0.300. The first-order valence-electron chi connectivity index (χ1n) is 4.64. The molecule has 0 saturated heterocycles. The molecule has 0 radical (unpaired) electrons. The second-order valence-corrected chi connectivity index (χ2v) is 4.06. The zero-order valence-electron chi connectivity index (χ0n) is 10.3. The average Bonchev–Trinajstić information content (AvgIpc) is 1.99. The molecule has 0 heterocycles. The van der Waals surface area contributed by atoms with Crippen molar-refractivity contribution in [1.82, 2.24) is 4.90 Å². The quantitative estimate of drug-likeness (QED) is 0.504. The average molecular weight is 240 g/mol. The number of rotatable bonds is 4. The SMILES string of the molecule is CC(C)(C)OC(=O)N(CCN)CC(=O)[O-].[Na+]. The standard InChI is InChI=1S/C9H18N2O4.Na/c1-9(2,3)15-8(14)11(5-4-10)6-7(12)13;/h4-6,10H2,1-3H3,(H,12,13);/q;+1/p-1. The van der Waals surface area contributed by atoms with Gasteiger partial charge in [-0.15, -0.1) is 0 Å². The maximum atomic E-state index is 11.4. The Balaban J connectivity index is 0. The van der Waals surface area contributed by atoms with Crippen LogP contribution in [-0.2, 0) is 9.53 Å². The molecular formula is C9H17N2NaO4. The van der Waals surface area contributed by atoms with Gasteiger partial charge in [0.15, 0.2) is 0 Å². The molecule has 0 aromatic rings. The van der Waals surface area contributed by atoms with Crippen molar-refractivity contribution in [3.8, 4) is 0 Å². The number of aliphatic carboxylic acids is 1. The monoisotopic (exact) mass is 240 g/mol. The third-order valence-electron chi connectivity index (χ3n) is 1.37. The Bertz CT molecular complexity index is 240. The zero-order valence-corrected chi connectivity index (χ0v) is 12.3. The van der Waals surface area contributed by atoms with Crippen LogP contribution in [0.5, 0.6) is 0 Å². The van der Waals surface area contributed by atoms with E-state index in [-0.39, 0.29) is 42.6 Å². The van der Waals surface area contributed by atoms with E-state index in [2.05, 4.69) is 0 Å². The Morgan fingerprint density at radius 1 is 1.38 bits per heavy atom. The van der Waals surface area contributed by atoms with Gasteiger partial charge in [-0.05, 0) is 20.8 Å². The molecule has 0 unspecified atom stereocenters. The van der Waals surface area contributed by atoms with Gasteiger partial charge in [0.25, 0.3) is 0 Å². The summed E-state index contributed by atoms with van der Waals surface area (Å²) in [6.07, 6.45) is -0.697. The number of carbonyl (C=O) groups is 2. The number of nitrogens with two attached hydrogens (primary N) is 1. The van der Waals surface area contributed by atoms with Crippen LogP contribution in [0.15, 0.2) is 0 Å². The largest absolute Gasteiger partial charge is 1.00 e. The van der Waals surface area contributed by atoms with Crippen LogP contribution in [-0.4, -0.2) is 42.2 Å². The minimum atomic E-state index is -1.34.